The molecule has 0 aliphatic carbocycles. The van der Waals surface area contributed by atoms with E-state index in [4.69, 9.17) is 0 Å². The quantitative estimate of drug-likeness (QED) is 0.854. The van der Waals surface area contributed by atoms with Gasteiger partial charge in [-0.3, -0.25) is 5.01 Å². The summed E-state index contributed by atoms with van der Waals surface area (Å²) in [7, 11) is 0. The second kappa shape index (κ2) is 6.83. The summed E-state index contributed by atoms with van der Waals surface area (Å²) in [5, 5.41) is 16.3. The van der Waals surface area contributed by atoms with Crippen LogP contribution >= 0.6 is 15.9 Å². The Morgan fingerprint density at radius 1 is 1.00 bits per heavy atom. The molecule has 0 bridgehead atoms. The zero-order valence-corrected chi connectivity index (χ0v) is 13.8. The standard InChI is InChI=1S/C17H18BrN3O/c18-15-6-7-17(22)14(12-15)13-19-21-10-8-20(9-11-21)16-4-2-1-3-5-16/h1-7,12-13,22H,8-11H2/b19-13+. The average Bonchev–Trinajstić information content (AvgIpc) is 2.57. The fraction of sp³-hybridized carbons (Fsp3) is 0.235. The van der Waals surface area contributed by atoms with Gasteiger partial charge in [-0.05, 0) is 30.3 Å². The predicted octanol–water partition coefficient (Wildman–Crippen LogP) is 3.31. The van der Waals surface area contributed by atoms with Gasteiger partial charge in [0.1, 0.15) is 5.75 Å². The minimum atomic E-state index is 0.245. The highest BCUT2D eigenvalue weighted by Crippen LogP contribution is 2.20. The minimum Gasteiger partial charge on any atom is -0.507 e. The summed E-state index contributed by atoms with van der Waals surface area (Å²) in [5.41, 5.74) is 1.98. The van der Waals surface area contributed by atoms with Crippen molar-refractivity contribution in [1.82, 2.24) is 5.01 Å². The molecule has 114 valence electrons. The highest BCUT2D eigenvalue weighted by atomic mass is 79.9. The van der Waals surface area contributed by atoms with Crippen molar-refractivity contribution in [1.29, 1.82) is 0 Å². The summed E-state index contributed by atoms with van der Waals surface area (Å²) < 4.78 is 0.931. The number of nitrogens with zero attached hydrogens (tertiary/aromatic N) is 3. The Hall–Kier alpha value is -2.01. The molecule has 1 fully saturated rings. The number of halogens is 1. The Bertz CT molecular complexity index is 652. The first-order chi connectivity index (χ1) is 10.7. The Morgan fingerprint density at radius 2 is 1.73 bits per heavy atom. The molecule has 1 N–H and O–H groups in total. The van der Waals surface area contributed by atoms with Crippen molar-refractivity contribution >= 4 is 27.8 Å². The summed E-state index contributed by atoms with van der Waals surface area (Å²) in [6.45, 7) is 3.65. The number of aromatic hydroxyl groups is 1. The molecule has 0 atom stereocenters. The van der Waals surface area contributed by atoms with Crippen LogP contribution in [0.3, 0.4) is 0 Å². The summed E-state index contributed by atoms with van der Waals surface area (Å²) >= 11 is 3.40. The normalized spacial score (nSPS) is 15.5. The molecule has 1 heterocycles. The third-order valence-corrected chi connectivity index (χ3v) is 4.22. The maximum absolute atomic E-state index is 9.82. The Labute approximate surface area is 138 Å². The topological polar surface area (TPSA) is 39.1 Å². The molecule has 1 aliphatic heterocycles. The second-order valence-corrected chi connectivity index (χ2v) is 6.14. The van der Waals surface area contributed by atoms with Crippen molar-refractivity contribution in [3.05, 3.63) is 58.6 Å². The summed E-state index contributed by atoms with van der Waals surface area (Å²) in [5.74, 6) is 0.245. The highest BCUT2D eigenvalue weighted by Gasteiger charge is 2.15. The number of rotatable bonds is 3. The second-order valence-electron chi connectivity index (χ2n) is 5.22. The van der Waals surface area contributed by atoms with Gasteiger partial charge in [0.25, 0.3) is 0 Å². The average molecular weight is 360 g/mol. The van der Waals surface area contributed by atoms with Crippen LogP contribution in [0.15, 0.2) is 58.1 Å². The molecule has 4 nitrogen and oxygen atoms in total. The van der Waals surface area contributed by atoms with Crippen LogP contribution < -0.4 is 4.90 Å². The Kier molecular flexibility index (Phi) is 4.63. The van der Waals surface area contributed by atoms with Crippen LogP contribution in [0.2, 0.25) is 0 Å². The fourth-order valence-electron chi connectivity index (χ4n) is 2.48. The largest absolute Gasteiger partial charge is 0.507 e. The molecule has 0 saturated carbocycles. The molecule has 1 aliphatic rings. The number of hydrogen-bond acceptors (Lipinski definition) is 4. The minimum absolute atomic E-state index is 0.245. The van der Waals surface area contributed by atoms with E-state index in [9.17, 15) is 5.11 Å². The molecule has 0 aromatic heterocycles. The van der Waals surface area contributed by atoms with Crippen LogP contribution in [-0.4, -0.2) is 42.5 Å². The molecule has 2 aromatic carbocycles. The van der Waals surface area contributed by atoms with E-state index in [1.807, 2.05) is 23.2 Å². The van der Waals surface area contributed by atoms with Crippen LogP contribution in [0.1, 0.15) is 5.56 Å². The number of anilines is 1. The lowest BCUT2D eigenvalue weighted by Gasteiger charge is -2.34. The van der Waals surface area contributed by atoms with E-state index >= 15 is 0 Å². The molecular weight excluding hydrogens is 342 g/mol. The fourth-order valence-corrected chi connectivity index (χ4v) is 2.86. The lowest BCUT2D eigenvalue weighted by molar-refractivity contribution is 0.272. The summed E-state index contributed by atoms with van der Waals surface area (Å²) in [4.78, 5) is 2.36. The van der Waals surface area contributed by atoms with Crippen LogP contribution in [0.5, 0.6) is 5.75 Å². The number of hydrazone groups is 1. The predicted molar refractivity (Wildman–Crippen MR) is 93.6 cm³/mol. The number of piperazine rings is 1. The lowest BCUT2D eigenvalue weighted by Crippen LogP contribution is -2.44. The van der Waals surface area contributed by atoms with Crippen molar-refractivity contribution < 1.29 is 5.11 Å². The first-order valence-electron chi connectivity index (χ1n) is 7.30. The van der Waals surface area contributed by atoms with Gasteiger partial charge in [0, 0.05) is 28.8 Å². The SMILES string of the molecule is Oc1ccc(Br)cc1/C=N/N1CCN(c2ccccc2)CC1. The van der Waals surface area contributed by atoms with Gasteiger partial charge < -0.3 is 10.0 Å². The Balaban J connectivity index is 1.60. The van der Waals surface area contributed by atoms with Gasteiger partial charge in [0.15, 0.2) is 0 Å². The van der Waals surface area contributed by atoms with Gasteiger partial charge in [-0.15, -0.1) is 0 Å². The molecule has 0 spiro atoms. The van der Waals surface area contributed by atoms with Crippen LogP contribution in [0.25, 0.3) is 0 Å². The summed E-state index contributed by atoms with van der Waals surface area (Å²) in [6, 6.07) is 15.8. The van der Waals surface area contributed by atoms with Gasteiger partial charge in [-0.1, -0.05) is 34.1 Å². The maximum Gasteiger partial charge on any atom is 0.124 e. The first-order valence-corrected chi connectivity index (χ1v) is 8.09. The molecular formula is C17H18BrN3O. The van der Waals surface area contributed by atoms with E-state index in [1.165, 1.54) is 5.69 Å². The zero-order chi connectivity index (χ0) is 15.4. The molecule has 5 heteroatoms. The van der Waals surface area contributed by atoms with Gasteiger partial charge in [-0.25, -0.2) is 0 Å². The first kappa shape index (κ1) is 14.9. The smallest absolute Gasteiger partial charge is 0.124 e. The molecule has 0 unspecified atom stereocenters. The number of benzene rings is 2. The van der Waals surface area contributed by atoms with Gasteiger partial charge >= 0.3 is 0 Å². The Morgan fingerprint density at radius 3 is 2.45 bits per heavy atom. The number of para-hydroxylation sites is 1. The number of phenols is 1. The molecule has 22 heavy (non-hydrogen) atoms. The van der Waals surface area contributed by atoms with Crippen molar-refractivity contribution in [2.75, 3.05) is 31.1 Å². The lowest BCUT2D eigenvalue weighted by atomic mass is 10.2. The zero-order valence-electron chi connectivity index (χ0n) is 12.2. The third-order valence-electron chi connectivity index (χ3n) is 3.73. The van der Waals surface area contributed by atoms with E-state index < -0.39 is 0 Å². The monoisotopic (exact) mass is 359 g/mol. The van der Waals surface area contributed by atoms with Gasteiger partial charge in [0.2, 0.25) is 0 Å². The van der Waals surface area contributed by atoms with E-state index in [-0.39, 0.29) is 5.75 Å². The highest BCUT2D eigenvalue weighted by molar-refractivity contribution is 9.10. The van der Waals surface area contributed by atoms with E-state index in [0.29, 0.717) is 0 Å². The molecule has 0 amide bonds. The third kappa shape index (κ3) is 3.60. The van der Waals surface area contributed by atoms with Crippen molar-refractivity contribution in [3.63, 3.8) is 0 Å². The molecule has 1 saturated heterocycles. The van der Waals surface area contributed by atoms with Gasteiger partial charge in [-0.2, -0.15) is 5.10 Å². The maximum atomic E-state index is 9.82. The molecule has 2 aromatic rings. The van der Waals surface area contributed by atoms with Crippen LogP contribution in [-0.2, 0) is 0 Å². The molecule has 3 rings (SSSR count). The van der Waals surface area contributed by atoms with Crippen LogP contribution in [0, 0.1) is 0 Å². The number of phenolic OH excluding ortho intramolecular Hbond substituents is 1. The van der Waals surface area contributed by atoms with Crippen LogP contribution in [0.4, 0.5) is 5.69 Å². The number of hydrogen-bond donors (Lipinski definition) is 1. The van der Waals surface area contributed by atoms with E-state index in [2.05, 4.69) is 50.2 Å². The summed E-state index contributed by atoms with van der Waals surface area (Å²) in [6.07, 6.45) is 1.72. The van der Waals surface area contributed by atoms with Gasteiger partial charge in [0.05, 0.1) is 19.3 Å². The molecule has 0 radical (unpaired) electrons. The van der Waals surface area contributed by atoms with E-state index in [1.54, 1.807) is 12.3 Å². The van der Waals surface area contributed by atoms with Crippen molar-refractivity contribution in [2.24, 2.45) is 5.10 Å². The van der Waals surface area contributed by atoms with Crippen molar-refractivity contribution in [3.8, 4) is 5.75 Å². The van der Waals surface area contributed by atoms with E-state index in [0.717, 1.165) is 36.2 Å². The van der Waals surface area contributed by atoms with Crippen molar-refractivity contribution in [2.45, 2.75) is 0 Å².